The van der Waals surface area contributed by atoms with Crippen LogP contribution >= 0.6 is 0 Å². The predicted octanol–water partition coefficient (Wildman–Crippen LogP) is 5.18. The van der Waals surface area contributed by atoms with E-state index in [0.717, 1.165) is 38.5 Å². The monoisotopic (exact) mass is 394 g/mol. The highest BCUT2D eigenvalue weighted by molar-refractivity contribution is 5.98. The Morgan fingerprint density at radius 1 is 0.679 bits per heavy atom. The molecule has 0 amide bonds. The van der Waals surface area contributed by atoms with Gasteiger partial charge in [0, 0.05) is 0 Å². The molecule has 1 rings (SSSR count). The minimum Gasteiger partial charge on any atom is -0.493 e. The van der Waals surface area contributed by atoms with E-state index in [1.54, 1.807) is 13.8 Å². The first-order chi connectivity index (χ1) is 13.6. The lowest BCUT2D eigenvalue weighted by atomic mass is 10.1. The predicted molar refractivity (Wildman–Crippen MR) is 108 cm³/mol. The van der Waals surface area contributed by atoms with Crippen molar-refractivity contribution in [3.8, 4) is 11.5 Å². The van der Waals surface area contributed by atoms with Crippen LogP contribution in [0.5, 0.6) is 11.5 Å². The zero-order valence-electron chi connectivity index (χ0n) is 17.7. The van der Waals surface area contributed by atoms with E-state index < -0.39 is 11.9 Å². The Hall–Kier alpha value is -2.24. The molecule has 158 valence electrons. The molecule has 0 aliphatic rings. The molecule has 0 saturated carbocycles. The molecule has 1 aromatic rings. The van der Waals surface area contributed by atoms with Gasteiger partial charge in [-0.1, -0.05) is 39.5 Å². The highest BCUT2D eigenvalue weighted by Crippen LogP contribution is 2.31. The topological polar surface area (TPSA) is 71.1 Å². The molecule has 0 aliphatic carbocycles. The summed E-state index contributed by atoms with van der Waals surface area (Å²) in [6, 6.07) is 3.07. The van der Waals surface area contributed by atoms with Gasteiger partial charge in [0.15, 0.2) is 0 Å². The Kier molecular flexibility index (Phi) is 11.8. The largest absolute Gasteiger partial charge is 0.493 e. The van der Waals surface area contributed by atoms with Crippen LogP contribution in [0.1, 0.15) is 86.9 Å². The van der Waals surface area contributed by atoms with Gasteiger partial charge in [-0.25, -0.2) is 9.59 Å². The van der Waals surface area contributed by atoms with E-state index in [4.69, 9.17) is 18.9 Å². The summed E-state index contributed by atoms with van der Waals surface area (Å²) in [6.45, 7) is 9.12. The van der Waals surface area contributed by atoms with Crippen molar-refractivity contribution in [1.29, 1.82) is 0 Å². The van der Waals surface area contributed by atoms with E-state index in [2.05, 4.69) is 13.8 Å². The first-order valence-corrected chi connectivity index (χ1v) is 10.4. The van der Waals surface area contributed by atoms with E-state index in [0.29, 0.717) is 24.7 Å². The summed E-state index contributed by atoms with van der Waals surface area (Å²) in [5.41, 5.74) is 0.522. The number of esters is 2. The summed E-state index contributed by atoms with van der Waals surface area (Å²) in [4.78, 5) is 24.8. The Bertz CT molecular complexity index is 558. The van der Waals surface area contributed by atoms with Gasteiger partial charge in [0.1, 0.15) is 22.6 Å². The van der Waals surface area contributed by atoms with Crippen LogP contribution < -0.4 is 9.47 Å². The Balaban J connectivity index is 3.20. The second kappa shape index (κ2) is 13.9. The van der Waals surface area contributed by atoms with Crippen molar-refractivity contribution in [1.82, 2.24) is 0 Å². The van der Waals surface area contributed by atoms with Gasteiger partial charge in [0.2, 0.25) is 0 Å². The number of carbonyl (C=O) groups is 2. The Labute approximate surface area is 168 Å². The fraction of sp³-hybridized carbons (Fsp3) is 0.636. The van der Waals surface area contributed by atoms with Crippen LogP contribution in [0.3, 0.4) is 0 Å². The molecule has 0 aromatic heterocycles. The number of ether oxygens (including phenoxy) is 4. The van der Waals surface area contributed by atoms with Crippen LogP contribution in [0.2, 0.25) is 0 Å². The summed E-state index contributed by atoms with van der Waals surface area (Å²) in [5.74, 6) is -0.361. The van der Waals surface area contributed by atoms with Gasteiger partial charge in [-0.3, -0.25) is 0 Å². The van der Waals surface area contributed by atoms with Crippen LogP contribution in [0.15, 0.2) is 12.1 Å². The molecule has 28 heavy (non-hydrogen) atoms. The smallest absolute Gasteiger partial charge is 0.342 e. The molecule has 6 nitrogen and oxygen atoms in total. The lowest BCUT2D eigenvalue weighted by Crippen LogP contribution is -2.14. The molecule has 0 saturated heterocycles. The highest BCUT2D eigenvalue weighted by atomic mass is 16.5. The van der Waals surface area contributed by atoms with Crippen molar-refractivity contribution in [3.05, 3.63) is 23.3 Å². The number of hydrogen-bond donors (Lipinski definition) is 0. The van der Waals surface area contributed by atoms with Crippen molar-refractivity contribution < 1.29 is 28.5 Å². The zero-order chi connectivity index (χ0) is 20.8. The molecule has 0 heterocycles. The number of hydrogen-bond acceptors (Lipinski definition) is 6. The molecule has 0 atom stereocenters. The molecule has 0 radical (unpaired) electrons. The molecule has 1 aromatic carbocycles. The van der Waals surface area contributed by atoms with Crippen molar-refractivity contribution in [2.45, 2.75) is 66.2 Å². The quantitative estimate of drug-likeness (QED) is 0.320. The summed E-state index contributed by atoms with van der Waals surface area (Å²) < 4.78 is 21.9. The fourth-order valence-corrected chi connectivity index (χ4v) is 2.60. The third kappa shape index (κ3) is 7.79. The van der Waals surface area contributed by atoms with E-state index in [9.17, 15) is 9.59 Å². The molecule has 0 aliphatic heterocycles. The maximum absolute atomic E-state index is 12.4. The molecule has 0 spiro atoms. The van der Waals surface area contributed by atoms with E-state index in [1.165, 1.54) is 12.1 Å². The molecular formula is C22H34O6. The lowest BCUT2D eigenvalue weighted by molar-refractivity contribution is 0.0503. The van der Waals surface area contributed by atoms with E-state index in [-0.39, 0.29) is 24.3 Å². The van der Waals surface area contributed by atoms with E-state index in [1.807, 2.05) is 0 Å². The fourth-order valence-electron chi connectivity index (χ4n) is 2.60. The second-order valence-electron chi connectivity index (χ2n) is 6.40. The molecule has 0 N–H and O–H groups in total. The van der Waals surface area contributed by atoms with Gasteiger partial charge in [-0.2, -0.15) is 0 Å². The number of rotatable bonds is 14. The maximum atomic E-state index is 12.4. The number of benzene rings is 1. The van der Waals surface area contributed by atoms with E-state index >= 15 is 0 Å². The standard InChI is InChI=1S/C22H34O6/c1-5-9-11-13-27-19-15-18(22(24)26-8-4)20(28-14-12-10-6-2)16-17(19)21(23)25-7-3/h15-16H,5-14H2,1-4H3. The zero-order valence-corrected chi connectivity index (χ0v) is 17.7. The normalized spacial score (nSPS) is 10.4. The first kappa shape index (κ1) is 23.8. The van der Waals surface area contributed by atoms with Gasteiger partial charge >= 0.3 is 11.9 Å². The first-order valence-electron chi connectivity index (χ1n) is 10.4. The van der Waals surface area contributed by atoms with Gasteiger partial charge in [-0.05, 0) is 38.8 Å². The number of carbonyl (C=O) groups excluding carboxylic acids is 2. The molecule has 0 fully saturated rings. The van der Waals surface area contributed by atoms with Crippen LogP contribution in [0.25, 0.3) is 0 Å². The molecule has 0 unspecified atom stereocenters. The average Bonchev–Trinajstić information content (AvgIpc) is 2.69. The number of unbranched alkanes of at least 4 members (excludes halogenated alkanes) is 4. The van der Waals surface area contributed by atoms with Crippen LogP contribution in [0.4, 0.5) is 0 Å². The van der Waals surface area contributed by atoms with Crippen LogP contribution in [-0.2, 0) is 9.47 Å². The van der Waals surface area contributed by atoms with Crippen LogP contribution in [-0.4, -0.2) is 38.4 Å². The summed E-state index contributed by atoms with van der Waals surface area (Å²) >= 11 is 0. The van der Waals surface area contributed by atoms with Crippen LogP contribution in [0, 0.1) is 0 Å². The van der Waals surface area contributed by atoms with Gasteiger partial charge in [0.25, 0.3) is 0 Å². The minimum atomic E-state index is -0.498. The third-order valence-corrected chi connectivity index (χ3v) is 4.08. The Morgan fingerprint density at radius 2 is 1.07 bits per heavy atom. The molecular weight excluding hydrogens is 360 g/mol. The maximum Gasteiger partial charge on any atom is 0.342 e. The Morgan fingerprint density at radius 3 is 1.39 bits per heavy atom. The summed E-state index contributed by atoms with van der Waals surface area (Å²) in [6.07, 6.45) is 5.90. The summed E-state index contributed by atoms with van der Waals surface area (Å²) in [7, 11) is 0. The van der Waals surface area contributed by atoms with Crippen molar-refractivity contribution in [2.75, 3.05) is 26.4 Å². The minimum absolute atomic E-state index is 0.250. The van der Waals surface area contributed by atoms with Gasteiger partial charge in [0.05, 0.1) is 26.4 Å². The summed E-state index contributed by atoms with van der Waals surface area (Å²) in [5, 5.41) is 0. The van der Waals surface area contributed by atoms with Crippen molar-refractivity contribution >= 4 is 11.9 Å². The SMILES string of the molecule is CCCCCOc1cc(C(=O)OCC)c(OCCCCC)cc1C(=O)OCC. The third-order valence-electron chi connectivity index (χ3n) is 4.08. The van der Waals surface area contributed by atoms with Gasteiger partial charge in [-0.15, -0.1) is 0 Å². The van der Waals surface area contributed by atoms with Gasteiger partial charge < -0.3 is 18.9 Å². The second-order valence-corrected chi connectivity index (χ2v) is 6.40. The highest BCUT2D eigenvalue weighted by Gasteiger charge is 2.23. The average molecular weight is 395 g/mol. The van der Waals surface area contributed by atoms with Crippen molar-refractivity contribution in [3.63, 3.8) is 0 Å². The lowest BCUT2D eigenvalue weighted by Gasteiger charge is -2.16. The molecule has 6 heteroatoms. The molecule has 0 bridgehead atoms. The van der Waals surface area contributed by atoms with Crippen molar-refractivity contribution in [2.24, 2.45) is 0 Å².